The Morgan fingerprint density at radius 3 is 2.56 bits per heavy atom. The summed E-state index contributed by atoms with van der Waals surface area (Å²) < 4.78 is 16.6. The van der Waals surface area contributed by atoms with E-state index in [0.29, 0.717) is 28.8 Å². The Labute approximate surface area is 195 Å². The number of rotatable bonds is 7. The SMILES string of the molecule is CCC(C(=O)O)c1ccccc1NC(=O)c1nc(-c2cccc(C(C)N)c2F)nn2cccc12. The lowest BCUT2D eigenvalue weighted by molar-refractivity contribution is -0.138. The molecule has 0 saturated heterocycles. The Balaban J connectivity index is 1.79. The van der Waals surface area contributed by atoms with Crippen LogP contribution in [0.2, 0.25) is 0 Å². The highest BCUT2D eigenvalue weighted by atomic mass is 19.1. The van der Waals surface area contributed by atoms with Gasteiger partial charge in [0.05, 0.1) is 17.0 Å². The molecule has 0 bridgehead atoms. The quantitative estimate of drug-likeness (QED) is 0.375. The van der Waals surface area contributed by atoms with E-state index in [0.717, 1.165) is 0 Å². The number of benzene rings is 2. The molecule has 2 aromatic carbocycles. The molecule has 4 aromatic rings. The molecule has 174 valence electrons. The molecule has 2 heterocycles. The Morgan fingerprint density at radius 2 is 1.85 bits per heavy atom. The molecule has 0 saturated carbocycles. The lowest BCUT2D eigenvalue weighted by Crippen LogP contribution is -2.20. The van der Waals surface area contributed by atoms with E-state index >= 15 is 4.39 Å². The zero-order chi connectivity index (χ0) is 24.4. The van der Waals surface area contributed by atoms with Gasteiger partial charge in [0, 0.05) is 23.5 Å². The molecule has 8 nitrogen and oxygen atoms in total. The fraction of sp³-hybridized carbons (Fsp3) is 0.200. The van der Waals surface area contributed by atoms with Crippen LogP contribution in [0.5, 0.6) is 0 Å². The molecule has 0 fully saturated rings. The van der Waals surface area contributed by atoms with Crippen LogP contribution in [-0.2, 0) is 4.79 Å². The number of nitrogens with one attached hydrogen (secondary N) is 1. The highest BCUT2D eigenvalue weighted by Gasteiger charge is 2.24. The van der Waals surface area contributed by atoms with Gasteiger partial charge in [-0.1, -0.05) is 37.3 Å². The maximum absolute atomic E-state index is 15.1. The maximum atomic E-state index is 15.1. The summed E-state index contributed by atoms with van der Waals surface area (Å²) >= 11 is 0. The fourth-order valence-corrected chi connectivity index (χ4v) is 3.91. The van der Waals surface area contributed by atoms with Gasteiger partial charge in [-0.05, 0) is 43.2 Å². The predicted octanol–water partition coefficient (Wildman–Crippen LogP) is 4.39. The number of hydrogen-bond acceptors (Lipinski definition) is 5. The number of aromatic nitrogens is 3. The van der Waals surface area contributed by atoms with Crippen LogP contribution in [-0.4, -0.2) is 31.6 Å². The van der Waals surface area contributed by atoms with Gasteiger partial charge in [-0.3, -0.25) is 9.59 Å². The monoisotopic (exact) mass is 461 g/mol. The number of para-hydroxylation sites is 1. The zero-order valence-corrected chi connectivity index (χ0v) is 18.7. The Morgan fingerprint density at radius 1 is 1.12 bits per heavy atom. The number of nitrogens with two attached hydrogens (primary N) is 1. The number of aliphatic carboxylic acids is 1. The van der Waals surface area contributed by atoms with Crippen molar-refractivity contribution in [3.05, 3.63) is 83.4 Å². The van der Waals surface area contributed by atoms with Gasteiger partial charge in [0.15, 0.2) is 11.5 Å². The molecular formula is C25H24FN5O3. The van der Waals surface area contributed by atoms with Crippen molar-refractivity contribution < 1.29 is 19.1 Å². The Bertz CT molecular complexity index is 1380. The van der Waals surface area contributed by atoms with Crippen LogP contribution in [0, 0.1) is 5.82 Å². The van der Waals surface area contributed by atoms with Crippen LogP contribution in [0.1, 0.15) is 53.8 Å². The van der Waals surface area contributed by atoms with Crippen LogP contribution in [0.15, 0.2) is 60.8 Å². The first kappa shape index (κ1) is 23.1. The summed E-state index contributed by atoms with van der Waals surface area (Å²) in [5.74, 6) is -2.84. The normalized spacial score (nSPS) is 12.9. The molecule has 0 radical (unpaired) electrons. The van der Waals surface area contributed by atoms with E-state index in [2.05, 4.69) is 15.4 Å². The number of carbonyl (C=O) groups is 2. The van der Waals surface area contributed by atoms with E-state index in [1.54, 1.807) is 68.6 Å². The minimum absolute atomic E-state index is 0.0266. The van der Waals surface area contributed by atoms with E-state index in [1.807, 2.05) is 0 Å². The second kappa shape index (κ2) is 9.40. The first-order valence-corrected chi connectivity index (χ1v) is 10.8. The van der Waals surface area contributed by atoms with Gasteiger partial charge >= 0.3 is 5.97 Å². The largest absolute Gasteiger partial charge is 0.481 e. The van der Waals surface area contributed by atoms with Gasteiger partial charge in [-0.25, -0.2) is 13.9 Å². The highest BCUT2D eigenvalue weighted by Crippen LogP contribution is 2.29. The van der Waals surface area contributed by atoms with Gasteiger partial charge in [-0.2, -0.15) is 0 Å². The number of carboxylic acid groups (broad SMARTS) is 1. The smallest absolute Gasteiger partial charge is 0.311 e. The highest BCUT2D eigenvalue weighted by molar-refractivity contribution is 6.08. The topological polar surface area (TPSA) is 123 Å². The molecule has 0 aliphatic carbocycles. The summed E-state index contributed by atoms with van der Waals surface area (Å²) in [5.41, 5.74) is 7.62. The summed E-state index contributed by atoms with van der Waals surface area (Å²) in [6.07, 6.45) is 1.99. The van der Waals surface area contributed by atoms with Crippen molar-refractivity contribution in [2.45, 2.75) is 32.2 Å². The van der Waals surface area contributed by atoms with Crippen molar-refractivity contribution in [3.63, 3.8) is 0 Å². The van der Waals surface area contributed by atoms with Gasteiger partial charge in [-0.15, -0.1) is 5.10 Å². The molecule has 0 aliphatic rings. The zero-order valence-electron chi connectivity index (χ0n) is 18.7. The number of fused-ring (bicyclic) bond motifs is 1. The molecule has 4 N–H and O–H groups in total. The third-order valence-corrected chi connectivity index (χ3v) is 5.66. The lowest BCUT2D eigenvalue weighted by atomic mass is 9.95. The van der Waals surface area contributed by atoms with Crippen LogP contribution in [0.4, 0.5) is 10.1 Å². The number of amides is 1. The standard InChI is InChI=1S/C25H24FN5O3/c1-3-15(25(33)34)17-8-4-5-11-19(17)28-24(32)22-20-12-7-13-31(20)30-23(29-22)18-10-6-9-16(14(2)27)21(18)26/h4-15H,3,27H2,1-2H3,(H,28,32)(H,33,34). The second-order valence-electron chi connectivity index (χ2n) is 7.96. The number of nitrogens with zero attached hydrogens (tertiary/aromatic N) is 3. The van der Waals surface area contributed by atoms with Crippen molar-refractivity contribution in [2.75, 3.05) is 5.32 Å². The molecule has 0 spiro atoms. The minimum atomic E-state index is -0.980. The fourth-order valence-electron chi connectivity index (χ4n) is 3.91. The molecule has 2 unspecified atom stereocenters. The average molecular weight is 461 g/mol. The lowest BCUT2D eigenvalue weighted by Gasteiger charge is -2.16. The van der Waals surface area contributed by atoms with Gasteiger partial charge in [0.2, 0.25) is 0 Å². The molecule has 2 atom stereocenters. The molecule has 9 heteroatoms. The van der Waals surface area contributed by atoms with Gasteiger partial charge in [0.25, 0.3) is 5.91 Å². The van der Waals surface area contributed by atoms with Crippen molar-refractivity contribution >= 4 is 23.1 Å². The summed E-state index contributed by atoms with van der Waals surface area (Å²) in [7, 11) is 0. The number of carbonyl (C=O) groups excluding carboxylic acids is 1. The summed E-state index contributed by atoms with van der Waals surface area (Å²) in [5, 5.41) is 16.7. The van der Waals surface area contributed by atoms with Gasteiger partial charge < -0.3 is 16.2 Å². The Kier molecular flexibility index (Phi) is 6.38. The van der Waals surface area contributed by atoms with Crippen molar-refractivity contribution in [1.29, 1.82) is 0 Å². The third kappa shape index (κ3) is 4.25. The van der Waals surface area contributed by atoms with E-state index in [-0.39, 0.29) is 17.1 Å². The van der Waals surface area contributed by atoms with Crippen molar-refractivity contribution in [2.24, 2.45) is 5.73 Å². The summed E-state index contributed by atoms with van der Waals surface area (Å²) in [6, 6.07) is 14.4. The summed E-state index contributed by atoms with van der Waals surface area (Å²) in [4.78, 5) is 29.4. The number of halogens is 1. The average Bonchev–Trinajstić information content (AvgIpc) is 3.28. The van der Waals surface area contributed by atoms with E-state index < -0.39 is 29.7 Å². The minimum Gasteiger partial charge on any atom is -0.481 e. The molecule has 34 heavy (non-hydrogen) atoms. The van der Waals surface area contributed by atoms with Crippen molar-refractivity contribution in [3.8, 4) is 11.4 Å². The van der Waals surface area contributed by atoms with Gasteiger partial charge in [0.1, 0.15) is 5.82 Å². The van der Waals surface area contributed by atoms with Crippen LogP contribution in [0.25, 0.3) is 16.9 Å². The van der Waals surface area contributed by atoms with Crippen LogP contribution >= 0.6 is 0 Å². The molecule has 4 rings (SSSR count). The van der Waals surface area contributed by atoms with Crippen molar-refractivity contribution in [1.82, 2.24) is 14.6 Å². The number of hydrogen-bond donors (Lipinski definition) is 3. The number of carboxylic acids is 1. The third-order valence-electron chi connectivity index (χ3n) is 5.66. The van der Waals surface area contributed by atoms with E-state index in [1.165, 1.54) is 10.6 Å². The molecule has 2 aromatic heterocycles. The maximum Gasteiger partial charge on any atom is 0.311 e. The number of anilines is 1. The molecule has 1 amide bonds. The molecular weight excluding hydrogens is 437 g/mol. The summed E-state index contributed by atoms with van der Waals surface area (Å²) in [6.45, 7) is 3.44. The first-order valence-electron chi connectivity index (χ1n) is 10.8. The molecule has 0 aliphatic heterocycles. The van der Waals surface area contributed by atoms with E-state index in [4.69, 9.17) is 5.73 Å². The van der Waals surface area contributed by atoms with Crippen LogP contribution in [0.3, 0.4) is 0 Å². The van der Waals surface area contributed by atoms with E-state index in [9.17, 15) is 14.7 Å². The second-order valence-corrected chi connectivity index (χ2v) is 7.96. The Hall–Kier alpha value is -4.11. The predicted molar refractivity (Wildman–Crippen MR) is 126 cm³/mol. The van der Waals surface area contributed by atoms with Crippen LogP contribution < -0.4 is 11.1 Å². The first-order chi connectivity index (χ1) is 16.3.